The third kappa shape index (κ3) is 4.82. The summed E-state index contributed by atoms with van der Waals surface area (Å²) in [5.74, 6) is 0.0698. The van der Waals surface area contributed by atoms with Crippen LogP contribution in [-0.2, 0) is 6.42 Å². The van der Waals surface area contributed by atoms with Crippen LogP contribution < -0.4 is 11.5 Å². The van der Waals surface area contributed by atoms with Gasteiger partial charge >= 0.3 is 0 Å². The number of pyridine rings is 1. The Hall–Kier alpha value is -1.62. The van der Waals surface area contributed by atoms with Crippen LogP contribution in [0.15, 0.2) is 17.3 Å². The van der Waals surface area contributed by atoms with Gasteiger partial charge in [0.2, 0.25) is 0 Å². The Bertz CT molecular complexity index is 394. The molecule has 4 N–H and O–H groups in total. The molecule has 1 aromatic heterocycles. The quantitative estimate of drug-likeness (QED) is 0.584. The number of hydrogen-bond acceptors (Lipinski definition) is 3. The fraction of sp³-hybridized carbons (Fsp3) is 0.500. The average molecular weight is 235 g/mol. The van der Waals surface area contributed by atoms with Crippen LogP contribution in [0.4, 0.5) is 5.69 Å². The van der Waals surface area contributed by atoms with Crippen molar-refractivity contribution in [1.29, 1.82) is 0 Å². The van der Waals surface area contributed by atoms with Gasteiger partial charge in [0.15, 0.2) is 5.96 Å². The Morgan fingerprint density at radius 1 is 1.41 bits per heavy atom. The summed E-state index contributed by atoms with van der Waals surface area (Å²) < 4.78 is 0. The molecule has 1 rings (SSSR count). The summed E-state index contributed by atoms with van der Waals surface area (Å²) >= 11 is 0. The molecule has 0 aliphatic carbocycles. The molecule has 0 atom stereocenters. The summed E-state index contributed by atoms with van der Waals surface area (Å²) in [7, 11) is 4.14. The molecular formula is C12H21N5. The van der Waals surface area contributed by atoms with E-state index in [-0.39, 0.29) is 5.96 Å². The molecule has 0 fully saturated rings. The van der Waals surface area contributed by atoms with Gasteiger partial charge in [-0.15, -0.1) is 0 Å². The Labute approximate surface area is 103 Å². The molecule has 0 saturated carbocycles. The zero-order chi connectivity index (χ0) is 12.8. The van der Waals surface area contributed by atoms with Crippen LogP contribution >= 0.6 is 0 Å². The topological polar surface area (TPSA) is 80.5 Å². The van der Waals surface area contributed by atoms with Gasteiger partial charge in [-0.05, 0) is 52.0 Å². The molecule has 0 unspecified atom stereocenters. The van der Waals surface area contributed by atoms with Crippen molar-refractivity contribution >= 4 is 11.6 Å². The predicted molar refractivity (Wildman–Crippen MR) is 71.3 cm³/mol. The summed E-state index contributed by atoms with van der Waals surface area (Å²) in [4.78, 5) is 10.5. The lowest BCUT2D eigenvalue weighted by Gasteiger charge is -2.09. The zero-order valence-electron chi connectivity index (χ0n) is 10.8. The zero-order valence-corrected chi connectivity index (χ0v) is 10.8. The van der Waals surface area contributed by atoms with Gasteiger partial charge in [-0.2, -0.15) is 0 Å². The molecular weight excluding hydrogens is 214 g/mol. The molecule has 1 heterocycles. The molecule has 0 aromatic carbocycles. The Morgan fingerprint density at radius 3 is 2.71 bits per heavy atom. The van der Waals surface area contributed by atoms with E-state index < -0.39 is 0 Å². The molecule has 94 valence electrons. The molecule has 0 aliphatic rings. The van der Waals surface area contributed by atoms with Crippen molar-refractivity contribution < 1.29 is 0 Å². The molecule has 17 heavy (non-hydrogen) atoms. The summed E-state index contributed by atoms with van der Waals surface area (Å²) in [5, 5.41) is 0. The first-order chi connectivity index (χ1) is 7.99. The van der Waals surface area contributed by atoms with Crippen LogP contribution in [0.2, 0.25) is 0 Å². The van der Waals surface area contributed by atoms with Crippen molar-refractivity contribution in [2.75, 3.05) is 20.6 Å². The van der Waals surface area contributed by atoms with Gasteiger partial charge in [0.1, 0.15) is 0 Å². The number of nitrogens with two attached hydrogens (primary N) is 2. The van der Waals surface area contributed by atoms with Crippen LogP contribution in [0.1, 0.15) is 17.7 Å². The van der Waals surface area contributed by atoms with E-state index >= 15 is 0 Å². The Kier molecular flexibility index (Phi) is 4.90. The average Bonchev–Trinajstić information content (AvgIpc) is 2.21. The van der Waals surface area contributed by atoms with Crippen molar-refractivity contribution in [2.45, 2.75) is 19.8 Å². The smallest absolute Gasteiger partial charge is 0.191 e. The largest absolute Gasteiger partial charge is 0.370 e. The lowest BCUT2D eigenvalue weighted by atomic mass is 10.1. The monoisotopic (exact) mass is 235 g/mol. The minimum absolute atomic E-state index is 0.0698. The predicted octanol–water partition coefficient (Wildman–Crippen LogP) is 0.789. The summed E-state index contributed by atoms with van der Waals surface area (Å²) in [6.07, 6.45) is 3.97. The van der Waals surface area contributed by atoms with Crippen LogP contribution in [-0.4, -0.2) is 36.5 Å². The number of aliphatic imine (C=N–C) groups is 1. The van der Waals surface area contributed by atoms with Gasteiger partial charge in [-0.25, -0.2) is 4.99 Å². The lowest BCUT2D eigenvalue weighted by molar-refractivity contribution is 0.400. The van der Waals surface area contributed by atoms with E-state index in [0.717, 1.165) is 36.3 Å². The van der Waals surface area contributed by atoms with E-state index in [2.05, 4.69) is 29.0 Å². The second-order valence-electron chi connectivity index (χ2n) is 4.39. The highest BCUT2D eigenvalue weighted by molar-refractivity contribution is 5.79. The molecule has 0 spiro atoms. The molecule has 0 saturated heterocycles. The van der Waals surface area contributed by atoms with Crippen LogP contribution in [0.5, 0.6) is 0 Å². The highest BCUT2D eigenvalue weighted by Crippen LogP contribution is 2.18. The minimum Gasteiger partial charge on any atom is -0.370 e. The maximum atomic E-state index is 5.38. The molecule has 5 nitrogen and oxygen atoms in total. The van der Waals surface area contributed by atoms with Gasteiger partial charge in [-0.1, -0.05) is 0 Å². The van der Waals surface area contributed by atoms with E-state index in [0.29, 0.717) is 0 Å². The Balaban J connectivity index is 2.72. The first-order valence-corrected chi connectivity index (χ1v) is 5.69. The molecule has 0 aliphatic heterocycles. The third-order valence-electron chi connectivity index (χ3n) is 2.44. The number of nitrogens with zero attached hydrogens (tertiary/aromatic N) is 3. The standard InChI is InChI=1S/C12H21N5/c1-9-11(16-12(13)14)7-10(8-15-9)5-4-6-17(2)3/h7-8H,4-6H2,1-3H3,(H4,13,14,16). The Morgan fingerprint density at radius 2 is 2.12 bits per heavy atom. The maximum Gasteiger partial charge on any atom is 0.191 e. The van der Waals surface area contributed by atoms with Gasteiger partial charge < -0.3 is 16.4 Å². The van der Waals surface area contributed by atoms with Crippen molar-refractivity contribution in [3.8, 4) is 0 Å². The molecule has 0 radical (unpaired) electrons. The van der Waals surface area contributed by atoms with Crippen molar-refractivity contribution in [3.63, 3.8) is 0 Å². The van der Waals surface area contributed by atoms with E-state index in [1.165, 1.54) is 0 Å². The number of aromatic nitrogens is 1. The van der Waals surface area contributed by atoms with Gasteiger partial charge in [0, 0.05) is 6.20 Å². The molecule has 5 heteroatoms. The third-order valence-corrected chi connectivity index (χ3v) is 2.44. The molecule has 1 aromatic rings. The fourth-order valence-electron chi connectivity index (χ4n) is 1.55. The summed E-state index contributed by atoms with van der Waals surface area (Å²) in [6, 6.07) is 2.00. The first-order valence-electron chi connectivity index (χ1n) is 5.69. The number of hydrogen-bond donors (Lipinski definition) is 2. The fourth-order valence-corrected chi connectivity index (χ4v) is 1.55. The summed E-state index contributed by atoms with van der Waals surface area (Å²) in [5.41, 5.74) is 13.5. The minimum atomic E-state index is 0.0698. The number of aryl methyl sites for hydroxylation is 2. The molecule has 0 bridgehead atoms. The number of guanidine groups is 1. The van der Waals surface area contributed by atoms with Crippen molar-refractivity contribution in [3.05, 3.63) is 23.5 Å². The van der Waals surface area contributed by atoms with E-state index in [1.807, 2.05) is 19.2 Å². The second-order valence-corrected chi connectivity index (χ2v) is 4.39. The van der Waals surface area contributed by atoms with Crippen LogP contribution in [0.25, 0.3) is 0 Å². The van der Waals surface area contributed by atoms with Crippen molar-refractivity contribution in [1.82, 2.24) is 9.88 Å². The first kappa shape index (κ1) is 13.4. The normalized spacial score (nSPS) is 10.6. The van der Waals surface area contributed by atoms with E-state index in [9.17, 15) is 0 Å². The van der Waals surface area contributed by atoms with Gasteiger partial charge in [0.25, 0.3) is 0 Å². The van der Waals surface area contributed by atoms with Crippen LogP contribution in [0.3, 0.4) is 0 Å². The highest BCUT2D eigenvalue weighted by Gasteiger charge is 2.02. The molecule has 0 amide bonds. The van der Waals surface area contributed by atoms with E-state index in [1.54, 1.807) is 0 Å². The SMILES string of the molecule is Cc1ncc(CCCN(C)C)cc1N=C(N)N. The van der Waals surface area contributed by atoms with E-state index in [4.69, 9.17) is 11.5 Å². The maximum absolute atomic E-state index is 5.38. The summed E-state index contributed by atoms with van der Waals surface area (Å²) in [6.45, 7) is 2.96. The van der Waals surface area contributed by atoms with Crippen molar-refractivity contribution in [2.24, 2.45) is 16.5 Å². The van der Waals surface area contributed by atoms with Gasteiger partial charge in [-0.3, -0.25) is 4.98 Å². The number of rotatable bonds is 5. The highest BCUT2D eigenvalue weighted by atomic mass is 15.0. The van der Waals surface area contributed by atoms with Gasteiger partial charge in [0.05, 0.1) is 11.4 Å². The second kappa shape index (κ2) is 6.20. The lowest BCUT2D eigenvalue weighted by Crippen LogP contribution is -2.22. The van der Waals surface area contributed by atoms with Crippen LogP contribution in [0, 0.1) is 6.92 Å².